The molecule has 0 bridgehead atoms. The molecule has 2 rings (SSSR count). The van der Waals surface area contributed by atoms with E-state index in [9.17, 15) is 4.79 Å². The number of halogens is 1. The topological polar surface area (TPSA) is 30.7 Å². The third-order valence-corrected chi connectivity index (χ3v) is 8.19. The monoisotopic (exact) mass is 629 g/mol. The van der Waals surface area contributed by atoms with Gasteiger partial charge in [0, 0.05) is 5.56 Å². The Morgan fingerprint density at radius 3 is 1.78 bits per heavy atom. The maximum atomic E-state index is 12.9. The normalized spacial score (nSPS) is 11.8. The Morgan fingerprint density at radius 2 is 1.17 bits per heavy atom. The highest BCUT2D eigenvalue weighted by molar-refractivity contribution is 6.10. The molecule has 1 unspecified atom stereocenters. The molecular formula is C37H60BrNO2. The molecule has 0 spiro atoms. The van der Waals surface area contributed by atoms with Gasteiger partial charge in [-0.25, -0.2) is 0 Å². The minimum Gasteiger partial charge on any atom is -1.00 e. The van der Waals surface area contributed by atoms with Gasteiger partial charge in [0.25, 0.3) is 0 Å². The van der Waals surface area contributed by atoms with E-state index in [1.165, 1.54) is 116 Å². The Bertz CT molecular complexity index is 886. The van der Waals surface area contributed by atoms with Crippen LogP contribution in [0.15, 0.2) is 54.6 Å². The zero-order chi connectivity index (χ0) is 28.7. The van der Waals surface area contributed by atoms with Crippen molar-refractivity contribution in [3.05, 3.63) is 65.7 Å². The molecule has 0 fully saturated rings. The summed E-state index contributed by atoms with van der Waals surface area (Å²) in [5, 5.41) is 0. The maximum Gasteiger partial charge on any atom is 0.196 e. The number of quaternary nitrogens is 1. The standard InChI is InChI=1S/C37H59NO2.BrH/c1-4-5-24-33(25-16-11-9-7-6-8-10-13-22-31-38(2)3)26-17-12-14-23-32-40-36-30-21-20-29-35(36)37(39)34-27-18-15-19-28-34;/h15,18-21,27-30,33H,4-14,16-17,22-26,31-32H2,1-3H3;1H. The van der Waals surface area contributed by atoms with Gasteiger partial charge < -0.3 is 26.6 Å². The summed E-state index contributed by atoms with van der Waals surface area (Å²) >= 11 is 0. The number of benzene rings is 2. The first kappa shape index (κ1) is 37.4. The highest BCUT2D eigenvalue weighted by atomic mass is 79.9. The third-order valence-electron chi connectivity index (χ3n) is 8.19. The van der Waals surface area contributed by atoms with Crippen LogP contribution >= 0.6 is 0 Å². The SMILES string of the molecule is CCCCC(CCCCCCCCCCC[NH+](C)C)CCCCCCOc1ccccc1C(=O)c1ccccc1.[Br-]. The van der Waals surface area contributed by atoms with E-state index in [0.717, 1.165) is 12.3 Å². The van der Waals surface area contributed by atoms with Gasteiger partial charge in [-0.2, -0.15) is 0 Å². The fraction of sp³-hybridized carbons (Fsp3) is 0.649. The van der Waals surface area contributed by atoms with Crippen molar-refractivity contribution in [2.75, 3.05) is 27.2 Å². The van der Waals surface area contributed by atoms with Crippen LogP contribution in [0, 0.1) is 5.92 Å². The van der Waals surface area contributed by atoms with Crippen LogP contribution in [0.5, 0.6) is 5.75 Å². The van der Waals surface area contributed by atoms with E-state index in [2.05, 4.69) is 21.0 Å². The molecule has 0 heterocycles. The number of ether oxygens (including phenoxy) is 1. The Kier molecular flexibility index (Phi) is 22.7. The summed E-state index contributed by atoms with van der Waals surface area (Å²) in [6, 6.07) is 17.1. The van der Waals surface area contributed by atoms with Crippen molar-refractivity contribution in [1.82, 2.24) is 0 Å². The summed E-state index contributed by atoms with van der Waals surface area (Å²) < 4.78 is 6.07. The van der Waals surface area contributed by atoms with E-state index in [-0.39, 0.29) is 22.8 Å². The maximum absolute atomic E-state index is 12.9. The summed E-state index contributed by atoms with van der Waals surface area (Å²) in [5.74, 6) is 1.66. The lowest BCUT2D eigenvalue weighted by Gasteiger charge is -2.16. The minimum absolute atomic E-state index is 0. The summed E-state index contributed by atoms with van der Waals surface area (Å²) in [7, 11) is 4.51. The van der Waals surface area contributed by atoms with Gasteiger partial charge in [0.05, 0.1) is 32.8 Å². The number of hydrogen-bond acceptors (Lipinski definition) is 2. The van der Waals surface area contributed by atoms with Crippen molar-refractivity contribution in [3.63, 3.8) is 0 Å². The van der Waals surface area contributed by atoms with Crippen LogP contribution in [0.4, 0.5) is 0 Å². The van der Waals surface area contributed by atoms with Crippen LogP contribution in [0.25, 0.3) is 0 Å². The predicted molar refractivity (Wildman–Crippen MR) is 172 cm³/mol. The summed E-state index contributed by atoms with van der Waals surface area (Å²) in [5.41, 5.74) is 1.36. The molecule has 41 heavy (non-hydrogen) atoms. The average molecular weight is 631 g/mol. The fourth-order valence-corrected chi connectivity index (χ4v) is 5.67. The van der Waals surface area contributed by atoms with E-state index in [4.69, 9.17) is 4.74 Å². The minimum atomic E-state index is 0. The van der Waals surface area contributed by atoms with Gasteiger partial charge in [-0.05, 0) is 37.3 Å². The lowest BCUT2D eigenvalue weighted by molar-refractivity contribution is -0.858. The molecule has 4 heteroatoms. The fourth-order valence-electron chi connectivity index (χ4n) is 5.67. The van der Waals surface area contributed by atoms with Gasteiger partial charge in [-0.15, -0.1) is 0 Å². The molecule has 0 aliphatic carbocycles. The Balaban J connectivity index is 0.00000840. The van der Waals surface area contributed by atoms with Gasteiger partial charge in [0.1, 0.15) is 5.75 Å². The zero-order valence-corrected chi connectivity index (χ0v) is 28.2. The lowest BCUT2D eigenvalue weighted by Crippen LogP contribution is -3.05. The van der Waals surface area contributed by atoms with E-state index >= 15 is 0 Å². The van der Waals surface area contributed by atoms with Crippen LogP contribution in [0.3, 0.4) is 0 Å². The number of nitrogens with one attached hydrogen (secondary N) is 1. The van der Waals surface area contributed by atoms with Crippen molar-refractivity contribution >= 4 is 5.78 Å². The molecule has 0 aliphatic rings. The first-order valence-corrected chi connectivity index (χ1v) is 16.7. The average Bonchev–Trinajstić information content (AvgIpc) is 2.97. The molecule has 0 radical (unpaired) electrons. The largest absolute Gasteiger partial charge is 1.00 e. The number of rotatable bonds is 25. The molecule has 0 saturated heterocycles. The van der Waals surface area contributed by atoms with Crippen molar-refractivity contribution in [3.8, 4) is 5.75 Å². The molecule has 1 N–H and O–H groups in total. The second-order valence-corrected chi connectivity index (χ2v) is 12.2. The van der Waals surface area contributed by atoms with Crippen LogP contribution in [-0.4, -0.2) is 33.0 Å². The Labute approximate surface area is 263 Å². The second-order valence-electron chi connectivity index (χ2n) is 12.2. The molecule has 0 saturated carbocycles. The van der Waals surface area contributed by atoms with Gasteiger partial charge in [-0.1, -0.05) is 146 Å². The van der Waals surface area contributed by atoms with Crippen LogP contribution in [-0.2, 0) is 0 Å². The van der Waals surface area contributed by atoms with Gasteiger partial charge in [0.2, 0.25) is 0 Å². The van der Waals surface area contributed by atoms with Gasteiger partial charge in [-0.3, -0.25) is 4.79 Å². The Hall–Kier alpha value is -1.65. The van der Waals surface area contributed by atoms with E-state index in [1.807, 2.05) is 54.6 Å². The molecule has 0 aliphatic heterocycles. The molecule has 1 atom stereocenters. The number of hydrogen-bond donors (Lipinski definition) is 1. The van der Waals surface area contributed by atoms with E-state index in [1.54, 1.807) is 4.90 Å². The first-order chi connectivity index (χ1) is 19.6. The lowest BCUT2D eigenvalue weighted by atomic mass is 9.90. The number of carbonyl (C=O) groups excluding carboxylic acids is 1. The quantitative estimate of drug-likeness (QED) is 0.106. The van der Waals surface area contributed by atoms with E-state index < -0.39 is 0 Å². The smallest absolute Gasteiger partial charge is 0.196 e. The van der Waals surface area contributed by atoms with Crippen LogP contribution in [0.1, 0.15) is 138 Å². The number of unbranched alkanes of at least 4 members (excludes halogenated alkanes) is 12. The van der Waals surface area contributed by atoms with Crippen LogP contribution in [0.2, 0.25) is 0 Å². The molecule has 2 aromatic carbocycles. The number of para-hydroxylation sites is 1. The second kappa shape index (κ2) is 24.9. The zero-order valence-electron chi connectivity index (χ0n) is 26.6. The van der Waals surface area contributed by atoms with Gasteiger partial charge >= 0.3 is 0 Å². The highest BCUT2D eigenvalue weighted by Crippen LogP contribution is 2.25. The molecular weight excluding hydrogens is 570 g/mol. The summed E-state index contributed by atoms with van der Waals surface area (Å²) in [4.78, 5) is 14.5. The Morgan fingerprint density at radius 1 is 0.659 bits per heavy atom. The molecule has 0 amide bonds. The van der Waals surface area contributed by atoms with Crippen molar-refractivity contribution in [1.29, 1.82) is 0 Å². The first-order valence-electron chi connectivity index (χ1n) is 16.7. The molecule has 3 nitrogen and oxygen atoms in total. The van der Waals surface area contributed by atoms with E-state index in [0.29, 0.717) is 23.5 Å². The van der Waals surface area contributed by atoms with Crippen molar-refractivity contribution in [2.45, 2.75) is 122 Å². The van der Waals surface area contributed by atoms with Gasteiger partial charge in [0.15, 0.2) is 5.78 Å². The molecule has 232 valence electrons. The number of ketones is 1. The summed E-state index contributed by atoms with van der Waals surface area (Å²) in [6.07, 6.45) is 24.6. The van der Waals surface area contributed by atoms with Crippen molar-refractivity contribution < 1.29 is 31.4 Å². The molecule has 0 aromatic heterocycles. The van der Waals surface area contributed by atoms with Crippen LogP contribution < -0.4 is 26.6 Å². The predicted octanol–water partition coefficient (Wildman–Crippen LogP) is 6.10. The van der Waals surface area contributed by atoms with Crippen molar-refractivity contribution in [2.24, 2.45) is 5.92 Å². The highest BCUT2D eigenvalue weighted by Gasteiger charge is 2.14. The number of carbonyl (C=O) groups is 1. The third kappa shape index (κ3) is 17.8. The summed E-state index contributed by atoms with van der Waals surface area (Å²) in [6.45, 7) is 4.32. The molecule has 2 aromatic rings.